The van der Waals surface area contributed by atoms with E-state index in [2.05, 4.69) is 126 Å². The van der Waals surface area contributed by atoms with Gasteiger partial charge in [0.2, 0.25) is 0 Å². The SMILES string of the molecule is c1ccc(-c2nc(-c3ccccc3)nc(-c3cccc(-n4c5cccc6c5c5c7c(cccc7ccc54)-c4c-6c5ccccc5c5ccccc45)c3)n2)cc1. The van der Waals surface area contributed by atoms with E-state index in [0.717, 1.165) is 22.4 Å². The van der Waals surface area contributed by atoms with E-state index >= 15 is 0 Å². The van der Waals surface area contributed by atoms with E-state index in [-0.39, 0.29) is 0 Å². The van der Waals surface area contributed by atoms with Crippen molar-refractivity contribution in [3.8, 4) is 62.1 Å². The van der Waals surface area contributed by atoms with Gasteiger partial charge in [-0.2, -0.15) is 0 Å². The number of aromatic nitrogens is 4. The molecule has 2 heterocycles. The van der Waals surface area contributed by atoms with Gasteiger partial charge in [-0.15, -0.1) is 0 Å². The van der Waals surface area contributed by atoms with Crippen LogP contribution >= 0.6 is 0 Å². The maximum atomic E-state index is 5.07. The number of nitrogens with zero attached hydrogens (tertiary/aromatic N) is 4. The third-order valence-corrected chi connectivity index (χ3v) is 11.3. The molecule has 11 aromatic rings. The summed E-state index contributed by atoms with van der Waals surface area (Å²) < 4.78 is 2.43. The molecule has 0 N–H and O–H groups in total. The molecule has 4 nitrogen and oxygen atoms in total. The van der Waals surface area contributed by atoms with Crippen LogP contribution in [-0.4, -0.2) is 19.5 Å². The van der Waals surface area contributed by atoms with E-state index in [9.17, 15) is 0 Å². The van der Waals surface area contributed by atoms with Crippen LogP contribution in [0.1, 0.15) is 0 Å². The van der Waals surface area contributed by atoms with Crippen LogP contribution in [0.5, 0.6) is 0 Å². The minimum Gasteiger partial charge on any atom is -0.309 e. The first kappa shape index (κ1) is 30.1. The molecule has 55 heavy (non-hydrogen) atoms. The summed E-state index contributed by atoms with van der Waals surface area (Å²) in [5.74, 6) is 1.93. The minimum absolute atomic E-state index is 0.636. The highest BCUT2D eigenvalue weighted by Crippen LogP contribution is 2.53. The Morgan fingerprint density at radius 3 is 1.45 bits per heavy atom. The molecule has 0 saturated carbocycles. The van der Waals surface area contributed by atoms with Crippen LogP contribution in [0, 0.1) is 0 Å². The Balaban J connectivity index is 1.15. The Labute approximate surface area is 316 Å². The molecule has 1 aliphatic rings. The van der Waals surface area contributed by atoms with Crippen molar-refractivity contribution < 1.29 is 0 Å². The molecule has 0 saturated heterocycles. The molecule has 0 spiro atoms. The topological polar surface area (TPSA) is 43.6 Å². The van der Waals surface area contributed by atoms with E-state index in [1.807, 2.05) is 60.7 Å². The van der Waals surface area contributed by atoms with Crippen LogP contribution in [0.2, 0.25) is 0 Å². The summed E-state index contributed by atoms with van der Waals surface area (Å²) >= 11 is 0. The lowest BCUT2D eigenvalue weighted by Gasteiger charge is -2.19. The largest absolute Gasteiger partial charge is 0.309 e. The fraction of sp³-hybridized carbons (Fsp3) is 0. The first-order chi connectivity index (χ1) is 27.3. The summed E-state index contributed by atoms with van der Waals surface area (Å²) in [6, 6.07) is 65.0. The van der Waals surface area contributed by atoms with Crippen molar-refractivity contribution >= 4 is 54.1 Å². The number of rotatable bonds is 4. The highest BCUT2D eigenvalue weighted by atomic mass is 15.0. The maximum Gasteiger partial charge on any atom is 0.164 e. The first-order valence-corrected chi connectivity index (χ1v) is 18.7. The first-order valence-electron chi connectivity index (χ1n) is 18.7. The fourth-order valence-corrected chi connectivity index (χ4v) is 9.04. The molecule has 0 fully saturated rings. The molecule has 254 valence electrons. The second kappa shape index (κ2) is 11.5. The van der Waals surface area contributed by atoms with Crippen molar-refractivity contribution in [2.24, 2.45) is 0 Å². The number of fused-ring (bicyclic) bond motifs is 8. The summed E-state index contributed by atoms with van der Waals surface area (Å²) in [4.78, 5) is 15.1. The summed E-state index contributed by atoms with van der Waals surface area (Å²) in [7, 11) is 0. The van der Waals surface area contributed by atoms with Gasteiger partial charge in [-0.3, -0.25) is 0 Å². The quantitative estimate of drug-likeness (QED) is 0.172. The molecule has 2 aromatic heterocycles. The zero-order chi connectivity index (χ0) is 36.0. The van der Waals surface area contributed by atoms with Gasteiger partial charge in [0.1, 0.15) is 0 Å². The molecular formula is C51H30N4. The molecule has 0 bridgehead atoms. The van der Waals surface area contributed by atoms with Crippen molar-refractivity contribution in [1.82, 2.24) is 19.5 Å². The van der Waals surface area contributed by atoms with Gasteiger partial charge < -0.3 is 4.57 Å². The molecule has 0 aliphatic heterocycles. The predicted octanol–water partition coefficient (Wildman–Crippen LogP) is 13.1. The van der Waals surface area contributed by atoms with Gasteiger partial charge in [-0.1, -0.05) is 158 Å². The monoisotopic (exact) mass is 698 g/mol. The van der Waals surface area contributed by atoms with Crippen LogP contribution < -0.4 is 0 Å². The van der Waals surface area contributed by atoms with Crippen molar-refractivity contribution in [3.63, 3.8) is 0 Å². The lowest BCUT2D eigenvalue weighted by atomic mass is 9.84. The molecular weight excluding hydrogens is 669 g/mol. The summed E-state index contributed by atoms with van der Waals surface area (Å²) in [5.41, 5.74) is 11.4. The average Bonchev–Trinajstić information content (AvgIpc) is 3.54. The van der Waals surface area contributed by atoms with Crippen molar-refractivity contribution in [1.29, 1.82) is 0 Å². The highest BCUT2D eigenvalue weighted by Gasteiger charge is 2.28. The third kappa shape index (κ3) is 4.37. The molecule has 1 aliphatic carbocycles. The van der Waals surface area contributed by atoms with Crippen LogP contribution in [-0.2, 0) is 0 Å². The Morgan fingerprint density at radius 1 is 0.327 bits per heavy atom. The van der Waals surface area contributed by atoms with Gasteiger partial charge >= 0.3 is 0 Å². The summed E-state index contributed by atoms with van der Waals surface area (Å²) in [6.45, 7) is 0. The zero-order valence-corrected chi connectivity index (χ0v) is 29.6. The van der Waals surface area contributed by atoms with E-state index < -0.39 is 0 Å². The van der Waals surface area contributed by atoms with Gasteiger partial charge in [0.25, 0.3) is 0 Å². The highest BCUT2D eigenvalue weighted by molar-refractivity contribution is 6.35. The van der Waals surface area contributed by atoms with Gasteiger partial charge in [0.15, 0.2) is 17.5 Å². The summed E-state index contributed by atoms with van der Waals surface area (Å²) in [5, 5.41) is 10.2. The van der Waals surface area contributed by atoms with Crippen molar-refractivity contribution in [2.75, 3.05) is 0 Å². The van der Waals surface area contributed by atoms with Crippen LogP contribution in [0.4, 0.5) is 0 Å². The lowest BCUT2D eigenvalue weighted by molar-refractivity contribution is 1.07. The van der Waals surface area contributed by atoms with E-state index in [1.54, 1.807) is 0 Å². The minimum atomic E-state index is 0.636. The standard InChI is InChI=1S/C51H30N4/c1-3-14-32(15-4-1)49-52-50(33-16-5-2-6-17-33)54-51(53-49)34-19-11-20-35(30-34)55-42-27-13-26-41-46-39-24-10-8-22-37(39)36-21-7-9-23-38(36)45(46)40-25-12-18-31-28-29-43(55)48(44(31)40)47(41)42/h1-30H. The third-order valence-electron chi connectivity index (χ3n) is 11.3. The second-order valence-electron chi connectivity index (χ2n) is 14.3. The fourth-order valence-electron chi connectivity index (χ4n) is 9.04. The zero-order valence-electron chi connectivity index (χ0n) is 29.6. The van der Waals surface area contributed by atoms with Gasteiger partial charge in [0.05, 0.1) is 11.0 Å². The molecule has 0 atom stereocenters. The number of hydrogen-bond acceptors (Lipinski definition) is 3. The van der Waals surface area contributed by atoms with Gasteiger partial charge in [0, 0.05) is 33.2 Å². The predicted molar refractivity (Wildman–Crippen MR) is 227 cm³/mol. The Kier molecular flexibility index (Phi) is 6.31. The van der Waals surface area contributed by atoms with E-state index in [1.165, 1.54) is 76.4 Å². The molecule has 9 aromatic carbocycles. The Morgan fingerprint density at radius 2 is 0.818 bits per heavy atom. The van der Waals surface area contributed by atoms with E-state index in [4.69, 9.17) is 15.0 Å². The molecule has 12 rings (SSSR count). The van der Waals surface area contributed by atoms with Crippen LogP contribution in [0.25, 0.3) is 116 Å². The van der Waals surface area contributed by atoms with Gasteiger partial charge in [-0.05, 0) is 78.8 Å². The van der Waals surface area contributed by atoms with Gasteiger partial charge in [-0.25, -0.2) is 15.0 Å². The number of hydrogen-bond donors (Lipinski definition) is 0. The smallest absolute Gasteiger partial charge is 0.164 e. The van der Waals surface area contributed by atoms with Crippen LogP contribution in [0.15, 0.2) is 182 Å². The maximum absolute atomic E-state index is 5.07. The second-order valence-corrected chi connectivity index (χ2v) is 14.3. The Bertz CT molecular complexity index is 3310. The average molecular weight is 699 g/mol. The molecule has 0 unspecified atom stereocenters. The molecule has 0 radical (unpaired) electrons. The summed E-state index contributed by atoms with van der Waals surface area (Å²) in [6.07, 6.45) is 0. The Hall–Kier alpha value is -7.43. The van der Waals surface area contributed by atoms with E-state index in [0.29, 0.717) is 17.5 Å². The molecule has 4 heteroatoms. The number of benzene rings is 9. The lowest BCUT2D eigenvalue weighted by Crippen LogP contribution is -2.01. The van der Waals surface area contributed by atoms with Crippen molar-refractivity contribution in [3.05, 3.63) is 182 Å². The van der Waals surface area contributed by atoms with Crippen molar-refractivity contribution in [2.45, 2.75) is 0 Å². The van der Waals surface area contributed by atoms with Crippen LogP contribution in [0.3, 0.4) is 0 Å². The normalized spacial score (nSPS) is 12.0. The molecule has 0 amide bonds.